The van der Waals surface area contributed by atoms with Gasteiger partial charge in [-0.15, -0.1) is 0 Å². The number of anilines is 1. The molecular formula is C15H19N3O4. The quantitative estimate of drug-likeness (QED) is 0.810. The Kier molecular flexibility index (Phi) is 4.43. The van der Waals surface area contributed by atoms with E-state index >= 15 is 0 Å². The number of nitrogens with zero attached hydrogens (tertiary/aromatic N) is 1. The second-order valence-electron chi connectivity index (χ2n) is 5.18. The van der Waals surface area contributed by atoms with E-state index in [-0.39, 0.29) is 6.61 Å². The highest BCUT2D eigenvalue weighted by Gasteiger charge is 2.15. The first-order valence-electron chi connectivity index (χ1n) is 7.32. The maximum atomic E-state index is 11.1. The third-order valence-corrected chi connectivity index (χ3v) is 3.61. The number of ether oxygens (including phenoxy) is 2. The summed E-state index contributed by atoms with van der Waals surface area (Å²) in [6.45, 7) is 1.88. The van der Waals surface area contributed by atoms with Crippen LogP contribution in [0.5, 0.6) is 5.75 Å². The lowest BCUT2D eigenvalue weighted by Crippen LogP contribution is -2.35. The summed E-state index contributed by atoms with van der Waals surface area (Å²) in [5, 5.41) is 6.63. The largest absolute Gasteiger partial charge is 0.482 e. The number of methoxy groups -OCH3 is 1. The fourth-order valence-electron chi connectivity index (χ4n) is 2.40. The molecule has 1 saturated heterocycles. The topological polar surface area (TPSA) is 85.6 Å². The molecule has 0 aliphatic carbocycles. The molecule has 22 heavy (non-hydrogen) atoms. The smallest absolute Gasteiger partial charge is 0.343 e. The molecule has 0 atom stereocenters. The molecular weight excluding hydrogens is 286 g/mol. The Morgan fingerprint density at radius 1 is 1.45 bits per heavy atom. The number of hydrogen-bond acceptors (Lipinski definition) is 7. The van der Waals surface area contributed by atoms with E-state index in [2.05, 4.69) is 20.4 Å². The van der Waals surface area contributed by atoms with Crippen LogP contribution >= 0.6 is 0 Å². The van der Waals surface area contributed by atoms with Crippen LogP contribution in [0.3, 0.4) is 0 Å². The van der Waals surface area contributed by atoms with Crippen LogP contribution in [0.2, 0.25) is 0 Å². The fraction of sp³-hybridized carbons (Fsp3) is 0.467. The van der Waals surface area contributed by atoms with E-state index in [4.69, 9.17) is 9.15 Å². The van der Waals surface area contributed by atoms with Crippen LogP contribution in [0, 0.1) is 0 Å². The second kappa shape index (κ2) is 6.65. The minimum Gasteiger partial charge on any atom is -0.482 e. The monoisotopic (exact) mass is 305 g/mol. The third kappa shape index (κ3) is 3.48. The molecule has 2 heterocycles. The number of esters is 1. The maximum Gasteiger partial charge on any atom is 0.343 e. The zero-order chi connectivity index (χ0) is 15.4. The van der Waals surface area contributed by atoms with Gasteiger partial charge >= 0.3 is 5.97 Å². The van der Waals surface area contributed by atoms with Gasteiger partial charge in [-0.05, 0) is 38.1 Å². The minimum absolute atomic E-state index is 0.125. The van der Waals surface area contributed by atoms with E-state index in [1.54, 1.807) is 18.2 Å². The lowest BCUT2D eigenvalue weighted by Gasteiger charge is -2.22. The van der Waals surface area contributed by atoms with Crippen molar-refractivity contribution in [1.29, 1.82) is 0 Å². The molecule has 0 amide bonds. The van der Waals surface area contributed by atoms with Crippen molar-refractivity contribution in [3.8, 4) is 5.75 Å². The zero-order valence-electron chi connectivity index (χ0n) is 12.4. The van der Waals surface area contributed by atoms with Crippen LogP contribution < -0.4 is 15.4 Å². The fourth-order valence-corrected chi connectivity index (χ4v) is 2.40. The van der Waals surface area contributed by atoms with Crippen LogP contribution in [-0.2, 0) is 9.53 Å². The number of nitrogens with one attached hydrogen (secondary N) is 2. The van der Waals surface area contributed by atoms with E-state index in [9.17, 15) is 4.79 Å². The molecule has 1 aromatic carbocycles. The van der Waals surface area contributed by atoms with Gasteiger partial charge in [0.1, 0.15) is 11.3 Å². The zero-order valence-corrected chi connectivity index (χ0v) is 12.4. The number of carbonyl (C=O) groups is 1. The lowest BCUT2D eigenvalue weighted by molar-refractivity contribution is -0.142. The van der Waals surface area contributed by atoms with Gasteiger partial charge in [-0.1, -0.05) is 0 Å². The molecule has 0 bridgehead atoms. The van der Waals surface area contributed by atoms with Crippen LogP contribution in [0.1, 0.15) is 12.8 Å². The molecule has 1 aromatic heterocycles. The summed E-state index contributed by atoms with van der Waals surface area (Å²) in [6.07, 6.45) is 2.10. The highest BCUT2D eigenvalue weighted by Crippen LogP contribution is 2.24. The van der Waals surface area contributed by atoms with Crippen molar-refractivity contribution in [2.75, 3.05) is 32.1 Å². The standard InChI is InChI=1S/C15H19N3O4/c1-20-14(19)9-21-11-2-3-13-12(8-11)18-15(22-13)17-10-4-6-16-7-5-10/h2-3,8,10,16H,4-7,9H2,1H3,(H,17,18). The summed E-state index contributed by atoms with van der Waals surface area (Å²) in [5.41, 5.74) is 1.38. The van der Waals surface area contributed by atoms with Crippen molar-refractivity contribution in [2.24, 2.45) is 0 Å². The van der Waals surface area contributed by atoms with Crippen molar-refractivity contribution in [2.45, 2.75) is 18.9 Å². The molecule has 1 aliphatic rings. The number of benzene rings is 1. The molecule has 0 saturated carbocycles. The first-order valence-corrected chi connectivity index (χ1v) is 7.32. The third-order valence-electron chi connectivity index (χ3n) is 3.61. The summed E-state index contributed by atoms with van der Waals surface area (Å²) in [6, 6.07) is 6.17. The van der Waals surface area contributed by atoms with E-state index in [1.165, 1.54) is 7.11 Å². The van der Waals surface area contributed by atoms with Gasteiger partial charge in [0, 0.05) is 12.1 Å². The molecule has 0 spiro atoms. The molecule has 2 N–H and O–H groups in total. The van der Waals surface area contributed by atoms with Crippen molar-refractivity contribution < 1.29 is 18.7 Å². The number of fused-ring (bicyclic) bond motifs is 1. The van der Waals surface area contributed by atoms with Crippen molar-refractivity contribution in [3.05, 3.63) is 18.2 Å². The van der Waals surface area contributed by atoms with Crippen LogP contribution in [0.15, 0.2) is 22.6 Å². The predicted molar refractivity (Wildman–Crippen MR) is 81.0 cm³/mol. The summed E-state index contributed by atoms with van der Waals surface area (Å²) >= 11 is 0. The van der Waals surface area contributed by atoms with Crippen LogP contribution in [0.25, 0.3) is 11.1 Å². The van der Waals surface area contributed by atoms with E-state index in [0.717, 1.165) is 25.9 Å². The van der Waals surface area contributed by atoms with Gasteiger partial charge < -0.3 is 24.5 Å². The maximum absolute atomic E-state index is 11.1. The normalized spacial score (nSPS) is 15.7. The summed E-state index contributed by atoms with van der Waals surface area (Å²) in [7, 11) is 1.32. The molecule has 3 rings (SSSR count). The van der Waals surface area contributed by atoms with Gasteiger partial charge in [-0.3, -0.25) is 0 Å². The molecule has 1 aliphatic heterocycles. The number of hydrogen-bond donors (Lipinski definition) is 2. The second-order valence-corrected chi connectivity index (χ2v) is 5.18. The number of oxazole rings is 1. The molecule has 7 nitrogen and oxygen atoms in total. The molecule has 7 heteroatoms. The van der Waals surface area contributed by atoms with Gasteiger partial charge in [0.05, 0.1) is 7.11 Å². The predicted octanol–water partition coefficient (Wildman–Crippen LogP) is 1.54. The van der Waals surface area contributed by atoms with Crippen molar-refractivity contribution >= 4 is 23.1 Å². The molecule has 0 radical (unpaired) electrons. The molecule has 2 aromatic rings. The van der Waals surface area contributed by atoms with E-state index in [0.29, 0.717) is 28.9 Å². The lowest BCUT2D eigenvalue weighted by atomic mass is 10.1. The van der Waals surface area contributed by atoms with Gasteiger partial charge in [0.15, 0.2) is 12.2 Å². The first kappa shape index (κ1) is 14.6. The Hall–Kier alpha value is -2.28. The molecule has 0 unspecified atom stereocenters. The van der Waals surface area contributed by atoms with Gasteiger partial charge in [0.25, 0.3) is 6.01 Å². The minimum atomic E-state index is -0.423. The Morgan fingerprint density at radius 3 is 3.05 bits per heavy atom. The van der Waals surface area contributed by atoms with Crippen LogP contribution in [-0.4, -0.2) is 43.8 Å². The Labute approximate surface area is 128 Å². The summed E-state index contributed by atoms with van der Waals surface area (Å²) < 4.78 is 15.6. The van der Waals surface area contributed by atoms with Crippen molar-refractivity contribution in [3.63, 3.8) is 0 Å². The number of piperidine rings is 1. The summed E-state index contributed by atoms with van der Waals surface area (Å²) in [5.74, 6) is 0.133. The summed E-state index contributed by atoms with van der Waals surface area (Å²) in [4.78, 5) is 15.5. The number of carbonyl (C=O) groups excluding carboxylic acids is 1. The van der Waals surface area contributed by atoms with Gasteiger partial charge in [0.2, 0.25) is 0 Å². The Balaban J connectivity index is 1.68. The number of aromatic nitrogens is 1. The van der Waals surface area contributed by atoms with E-state index in [1.807, 2.05) is 0 Å². The Bertz CT molecular complexity index is 649. The van der Waals surface area contributed by atoms with Crippen molar-refractivity contribution in [1.82, 2.24) is 10.3 Å². The highest BCUT2D eigenvalue weighted by atomic mass is 16.6. The van der Waals surface area contributed by atoms with Crippen LogP contribution in [0.4, 0.5) is 6.01 Å². The van der Waals surface area contributed by atoms with Gasteiger partial charge in [-0.2, -0.15) is 4.98 Å². The average Bonchev–Trinajstić information content (AvgIpc) is 2.94. The highest BCUT2D eigenvalue weighted by molar-refractivity contribution is 5.76. The van der Waals surface area contributed by atoms with E-state index < -0.39 is 5.97 Å². The molecule has 118 valence electrons. The first-order chi connectivity index (χ1) is 10.7. The SMILES string of the molecule is COC(=O)COc1ccc2oc(NC3CCNCC3)nc2c1. The Morgan fingerprint density at radius 2 is 2.27 bits per heavy atom. The van der Waals surface area contributed by atoms with Gasteiger partial charge in [-0.25, -0.2) is 4.79 Å². The number of rotatable bonds is 5. The average molecular weight is 305 g/mol. The molecule has 1 fully saturated rings.